The molecule has 1 aromatic rings. The molecular formula is C15H30N4S. The van der Waals surface area contributed by atoms with Crippen molar-refractivity contribution >= 4 is 16.5 Å². The average Bonchev–Trinajstić information content (AvgIpc) is 2.83. The number of nitrogens with one attached hydrogen (secondary N) is 1. The van der Waals surface area contributed by atoms with Gasteiger partial charge in [0.25, 0.3) is 0 Å². The zero-order chi connectivity index (χ0) is 15.0. The lowest BCUT2D eigenvalue weighted by Gasteiger charge is -2.25. The minimum atomic E-state index is 0.655. The highest BCUT2D eigenvalue weighted by molar-refractivity contribution is 7.15. The summed E-state index contributed by atoms with van der Waals surface area (Å²) in [6.45, 7) is 11.9. The van der Waals surface area contributed by atoms with Gasteiger partial charge in [-0.05, 0) is 33.0 Å². The number of hydrogen-bond acceptors (Lipinski definition) is 5. The van der Waals surface area contributed by atoms with Gasteiger partial charge in [-0.25, -0.2) is 4.98 Å². The third kappa shape index (κ3) is 6.68. The fraction of sp³-hybridized carbons (Fsp3) is 0.800. The van der Waals surface area contributed by atoms with Crippen molar-refractivity contribution in [3.63, 3.8) is 0 Å². The molecule has 1 N–H and O–H groups in total. The summed E-state index contributed by atoms with van der Waals surface area (Å²) < 4.78 is 0. The molecule has 0 amide bonds. The summed E-state index contributed by atoms with van der Waals surface area (Å²) >= 11 is 1.82. The molecule has 0 bridgehead atoms. The third-order valence-electron chi connectivity index (χ3n) is 2.94. The summed E-state index contributed by atoms with van der Waals surface area (Å²) in [6.07, 6.45) is 3.19. The lowest BCUT2D eigenvalue weighted by Crippen LogP contribution is -2.34. The fourth-order valence-corrected chi connectivity index (χ4v) is 2.85. The maximum absolute atomic E-state index is 4.61. The van der Waals surface area contributed by atoms with Gasteiger partial charge in [-0.3, -0.25) is 0 Å². The minimum absolute atomic E-state index is 0.655. The Morgan fingerprint density at radius 3 is 2.65 bits per heavy atom. The van der Waals surface area contributed by atoms with E-state index in [4.69, 9.17) is 0 Å². The Kier molecular flexibility index (Phi) is 8.11. The van der Waals surface area contributed by atoms with E-state index in [1.165, 1.54) is 11.3 Å². The van der Waals surface area contributed by atoms with Crippen molar-refractivity contribution in [1.29, 1.82) is 0 Å². The quantitative estimate of drug-likeness (QED) is 0.673. The number of aromatic nitrogens is 1. The van der Waals surface area contributed by atoms with Crippen molar-refractivity contribution < 1.29 is 0 Å². The van der Waals surface area contributed by atoms with Gasteiger partial charge in [-0.1, -0.05) is 20.8 Å². The molecule has 0 saturated heterocycles. The largest absolute Gasteiger partial charge is 0.347 e. The number of thiazole rings is 1. The maximum atomic E-state index is 4.61. The van der Waals surface area contributed by atoms with Crippen LogP contribution in [0.3, 0.4) is 0 Å². The Labute approximate surface area is 128 Å². The zero-order valence-electron chi connectivity index (χ0n) is 13.6. The van der Waals surface area contributed by atoms with Crippen LogP contribution in [0.15, 0.2) is 6.20 Å². The van der Waals surface area contributed by atoms with Crippen molar-refractivity contribution in [3.05, 3.63) is 11.1 Å². The van der Waals surface area contributed by atoms with Crippen LogP contribution >= 0.6 is 11.3 Å². The first-order valence-corrected chi connectivity index (χ1v) is 8.39. The third-order valence-corrected chi connectivity index (χ3v) is 4.00. The summed E-state index contributed by atoms with van der Waals surface area (Å²) in [5, 5.41) is 4.60. The second kappa shape index (κ2) is 9.32. The molecule has 0 spiro atoms. The zero-order valence-corrected chi connectivity index (χ0v) is 14.5. The van der Waals surface area contributed by atoms with E-state index >= 15 is 0 Å². The van der Waals surface area contributed by atoms with Crippen LogP contribution in [0.1, 0.15) is 32.1 Å². The summed E-state index contributed by atoms with van der Waals surface area (Å²) in [7, 11) is 4.24. The molecular weight excluding hydrogens is 268 g/mol. The van der Waals surface area contributed by atoms with Crippen LogP contribution in [-0.4, -0.2) is 50.2 Å². The van der Waals surface area contributed by atoms with Crippen LogP contribution in [0.5, 0.6) is 0 Å². The molecule has 5 heteroatoms. The Bertz CT molecular complexity index is 363. The predicted molar refractivity (Wildman–Crippen MR) is 89.7 cm³/mol. The SMILES string of the molecule is CCCNCc1cnc(N(CCN(C)C)CC(C)C)s1. The van der Waals surface area contributed by atoms with Gasteiger partial charge in [0.1, 0.15) is 0 Å². The van der Waals surface area contributed by atoms with Crippen LogP contribution in [0.4, 0.5) is 5.13 Å². The molecule has 0 aliphatic carbocycles. The number of nitrogens with zero attached hydrogens (tertiary/aromatic N) is 3. The normalized spacial score (nSPS) is 11.6. The highest BCUT2D eigenvalue weighted by atomic mass is 32.1. The van der Waals surface area contributed by atoms with Gasteiger partial charge >= 0.3 is 0 Å². The Morgan fingerprint density at radius 1 is 1.30 bits per heavy atom. The molecule has 0 aliphatic rings. The number of likely N-dealkylation sites (N-methyl/N-ethyl adjacent to an activating group) is 1. The van der Waals surface area contributed by atoms with Crippen LogP contribution < -0.4 is 10.2 Å². The first kappa shape index (κ1) is 17.4. The molecule has 0 atom stereocenters. The lowest BCUT2D eigenvalue weighted by atomic mass is 10.2. The average molecular weight is 298 g/mol. The Hall–Kier alpha value is -0.650. The van der Waals surface area contributed by atoms with Gasteiger partial charge < -0.3 is 15.1 Å². The van der Waals surface area contributed by atoms with Crippen LogP contribution in [0, 0.1) is 5.92 Å². The van der Waals surface area contributed by atoms with E-state index < -0.39 is 0 Å². The molecule has 1 rings (SSSR count). The van der Waals surface area contributed by atoms with E-state index in [0.29, 0.717) is 5.92 Å². The molecule has 0 radical (unpaired) electrons. The number of hydrogen-bond donors (Lipinski definition) is 1. The van der Waals surface area contributed by atoms with Crippen molar-refractivity contribution in [2.75, 3.05) is 45.2 Å². The molecule has 0 aromatic carbocycles. The Morgan fingerprint density at radius 2 is 2.05 bits per heavy atom. The van der Waals surface area contributed by atoms with E-state index in [1.54, 1.807) is 0 Å². The van der Waals surface area contributed by atoms with Crippen molar-refractivity contribution in [2.45, 2.75) is 33.7 Å². The number of rotatable bonds is 10. The maximum Gasteiger partial charge on any atom is 0.185 e. The summed E-state index contributed by atoms with van der Waals surface area (Å²) in [5.74, 6) is 0.655. The van der Waals surface area contributed by atoms with Gasteiger partial charge in [0.15, 0.2) is 5.13 Å². The highest BCUT2D eigenvalue weighted by Crippen LogP contribution is 2.23. The van der Waals surface area contributed by atoms with Crippen LogP contribution in [0.2, 0.25) is 0 Å². The summed E-state index contributed by atoms with van der Waals surface area (Å²) in [6, 6.07) is 0. The molecule has 0 aliphatic heterocycles. The van der Waals surface area contributed by atoms with E-state index in [2.05, 4.69) is 55.0 Å². The first-order valence-electron chi connectivity index (χ1n) is 7.58. The second-order valence-corrected chi connectivity index (χ2v) is 7.02. The molecule has 4 nitrogen and oxygen atoms in total. The molecule has 0 fully saturated rings. The summed E-state index contributed by atoms with van der Waals surface area (Å²) in [4.78, 5) is 10.6. The monoisotopic (exact) mass is 298 g/mol. The van der Waals surface area contributed by atoms with E-state index in [-0.39, 0.29) is 0 Å². The van der Waals surface area contributed by atoms with E-state index in [1.807, 2.05) is 17.5 Å². The lowest BCUT2D eigenvalue weighted by molar-refractivity contribution is 0.409. The van der Waals surface area contributed by atoms with Crippen LogP contribution in [0.25, 0.3) is 0 Å². The van der Waals surface area contributed by atoms with Crippen molar-refractivity contribution in [2.24, 2.45) is 5.92 Å². The van der Waals surface area contributed by atoms with Gasteiger partial charge in [0, 0.05) is 37.3 Å². The topological polar surface area (TPSA) is 31.4 Å². The molecule has 1 heterocycles. The van der Waals surface area contributed by atoms with Crippen molar-refractivity contribution in [1.82, 2.24) is 15.2 Å². The smallest absolute Gasteiger partial charge is 0.185 e. The number of anilines is 1. The predicted octanol–water partition coefficient (Wildman–Crippen LogP) is 2.67. The minimum Gasteiger partial charge on any atom is -0.347 e. The van der Waals surface area contributed by atoms with Gasteiger partial charge in [-0.15, -0.1) is 11.3 Å². The fourth-order valence-electron chi connectivity index (χ4n) is 1.94. The van der Waals surface area contributed by atoms with E-state index in [9.17, 15) is 0 Å². The van der Waals surface area contributed by atoms with Crippen LogP contribution in [-0.2, 0) is 6.54 Å². The van der Waals surface area contributed by atoms with Gasteiger partial charge in [0.05, 0.1) is 0 Å². The standard InChI is InChI=1S/C15H30N4S/c1-6-7-16-10-14-11-17-15(20-14)19(12-13(2)3)9-8-18(4)5/h11,13,16H,6-10,12H2,1-5H3. The molecule has 20 heavy (non-hydrogen) atoms. The molecule has 0 unspecified atom stereocenters. The highest BCUT2D eigenvalue weighted by Gasteiger charge is 2.13. The molecule has 1 aromatic heterocycles. The van der Waals surface area contributed by atoms with Gasteiger partial charge in [-0.2, -0.15) is 0 Å². The molecule has 116 valence electrons. The van der Waals surface area contributed by atoms with Gasteiger partial charge in [0.2, 0.25) is 0 Å². The molecule has 0 saturated carbocycles. The summed E-state index contributed by atoms with van der Waals surface area (Å²) in [5.41, 5.74) is 0. The second-order valence-electron chi connectivity index (χ2n) is 5.93. The van der Waals surface area contributed by atoms with Crippen molar-refractivity contribution in [3.8, 4) is 0 Å². The van der Waals surface area contributed by atoms with E-state index in [0.717, 1.165) is 37.9 Å². The first-order chi connectivity index (χ1) is 9.52. The Balaban J connectivity index is 2.60.